The zero-order valence-electron chi connectivity index (χ0n) is 9.27. The maximum Gasteiger partial charge on any atom is 0.322 e. The number of hydrogen-bond acceptors (Lipinski definition) is 4. The molecule has 0 amide bonds. The molecule has 0 fully saturated rings. The monoisotopic (exact) mass is 269 g/mol. The number of benzene rings is 1. The second-order valence-electron chi connectivity index (χ2n) is 3.74. The first kappa shape index (κ1) is 12.4. The average molecular weight is 270 g/mol. The molecule has 0 saturated heterocycles. The molecule has 0 spiro atoms. The van der Waals surface area contributed by atoms with Crippen LogP contribution < -0.4 is 5.73 Å². The van der Waals surface area contributed by atoms with Crippen LogP contribution >= 0.6 is 22.9 Å². The maximum absolute atomic E-state index is 11.3. The summed E-state index contributed by atoms with van der Waals surface area (Å²) in [5.74, 6) is -0.397. The van der Waals surface area contributed by atoms with Crippen LogP contribution in [0.3, 0.4) is 0 Å². The normalized spacial score (nSPS) is 12.6. The van der Waals surface area contributed by atoms with Crippen LogP contribution in [-0.2, 0) is 16.0 Å². The molecule has 0 aliphatic heterocycles. The van der Waals surface area contributed by atoms with Crippen LogP contribution in [0, 0.1) is 0 Å². The summed E-state index contributed by atoms with van der Waals surface area (Å²) >= 11 is 7.57. The van der Waals surface area contributed by atoms with E-state index in [1.165, 1.54) is 7.11 Å². The maximum atomic E-state index is 11.3. The summed E-state index contributed by atoms with van der Waals surface area (Å²) in [6.07, 6.45) is 0.465. The van der Waals surface area contributed by atoms with Crippen LogP contribution in [0.2, 0.25) is 5.02 Å². The largest absolute Gasteiger partial charge is 0.468 e. The molecular formula is C12H12ClNO2S. The number of carbonyl (C=O) groups excluding carboxylic acids is 1. The Bertz CT molecular complexity index is 552. The topological polar surface area (TPSA) is 52.3 Å². The molecule has 1 atom stereocenters. The summed E-state index contributed by atoms with van der Waals surface area (Å²) in [5.41, 5.74) is 6.78. The molecule has 90 valence electrons. The Morgan fingerprint density at radius 2 is 2.35 bits per heavy atom. The lowest BCUT2D eigenvalue weighted by molar-refractivity contribution is -0.142. The Morgan fingerprint density at radius 3 is 3.06 bits per heavy atom. The van der Waals surface area contributed by atoms with Gasteiger partial charge in [0.1, 0.15) is 6.04 Å². The molecule has 1 unspecified atom stereocenters. The molecule has 0 saturated carbocycles. The van der Waals surface area contributed by atoms with Crippen molar-refractivity contribution in [3.8, 4) is 0 Å². The highest BCUT2D eigenvalue weighted by molar-refractivity contribution is 7.17. The van der Waals surface area contributed by atoms with Gasteiger partial charge in [-0.3, -0.25) is 4.79 Å². The van der Waals surface area contributed by atoms with Crippen molar-refractivity contribution in [2.45, 2.75) is 12.5 Å². The summed E-state index contributed by atoms with van der Waals surface area (Å²) in [6.45, 7) is 0. The number of nitrogens with two attached hydrogens (primary N) is 1. The number of methoxy groups -OCH3 is 1. The molecule has 0 aliphatic rings. The van der Waals surface area contributed by atoms with E-state index in [1.807, 2.05) is 23.6 Å². The van der Waals surface area contributed by atoms with Crippen molar-refractivity contribution >= 4 is 39.0 Å². The summed E-state index contributed by atoms with van der Waals surface area (Å²) in [6, 6.07) is 5.09. The van der Waals surface area contributed by atoms with Crippen molar-refractivity contribution in [3.05, 3.63) is 34.2 Å². The van der Waals surface area contributed by atoms with E-state index < -0.39 is 12.0 Å². The van der Waals surface area contributed by atoms with Crippen LogP contribution in [0.15, 0.2) is 23.6 Å². The van der Waals surface area contributed by atoms with Crippen molar-refractivity contribution in [1.82, 2.24) is 0 Å². The number of carbonyl (C=O) groups is 1. The van der Waals surface area contributed by atoms with Crippen LogP contribution in [-0.4, -0.2) is 19.1 Å². The lowest BCUT2D eigenvalue weighted by Crippen LogP contribution is -2.33. The first-order valence-electron chi connectivity index (χ1n) is 5.11. The highest BCUT2D eigenvalue weighted by Gasteiger charge is 2.16. The lowest BCUT2D eigenvalue weighted by Gasteiger charge is -2.08. The van der Waals surface area contributed by atoms with Gasteiger partial charge in [0.15, 0.2) is 0 Å². The van der Waals surface area contributed by atoms with Gasteiger partial charge in [-0.15, -0.1) is 11.3 Å². The summed E-state index contributed by atoms with van der Waals surface area (Å²) in [4.78, 5) is 11.3. The number of esters is 1. The van der Waals surface area contributed by atoms with E-state index in [2.05, 4.69) is 4.74 Å². The molecule has 17 heavy (non-hydrogen) atoms. The van der Waals surface area contributed by atoms with Gasteiger partial charge in [-0.25, -0.2) is 0 Å². The van der Waals surface area contributed by atoms with E-state index in [4.69, 9.17) is 17.3 Å². The molecule has 1 aromatic carbocycles. The van der Waals surface area contributed by atoms with Gasteiger partial charge in [0.25, 0.3) is 0 Å². The molecule has 1 heterocycles. The Hall–Kier alpha value is -1.10. The molecular weight excluding hydrogens is 258 g/mol. The average Bonchev–Trinajstić information content (AvgIpc) is 2.71. The molecule has 2 aromatic rings. The quantitative estimate of drug-likeness (QED) is 0.872. The first-order chi connectivity index (χ1) is 8.11. The Morgan fingerprint density at radius 1 is 1.59 bits per heavy atom. The van der Waals surface area contributed by atoms with E-state index >= 15 is 0 Å². The van der Waals surface area contributed by atoms with E-state index in [0.29, 0.717) is 11.4 Å². The minimum Gasteiger partial charge on any atom is -0.468 e. The lowest BCUT2D eigenvalue weighted by atomic mass is 10.1. The van der Waals surface area contributed by atoms with Gasteiger partial charge < -0.3 is 10.5 Å². The fraction of sp³-hybridized carbons (Fsp3) is 0.250. The number of halogens is 1. The molecule has 0 aliphatic carbocycles. The molecule has 2 rings (SSSR count). The van der Waals surface area contributed by atoms with Gasteiger partial charge in [-0.1, -0.05) is 11.6 Å². The van der Waals surface area contributed by atoms with E-state index in [9.17, 15) is 4.79 Å². The number of hydrogen-bond donors (Lipinski definition) is 1. The first-order valence-corrected chi connectivity index (χ1v) is 6.36. The van der Waals surface area contributed by atoms with Gasteiger partial charge >= 0.3 is 5.97 Å². The Kier molecular flexibility index (Phi) is 3.66. The van der Waals surface area contributed by atoms with Crippen molar-refractivity contribution in [2.75, 3.05) is 7.11 Å². The zero-order chi connectivity index (χ0) is 12.4. The fourth-order valence-corrected chi connectivity index (χ4v) is 2.81. The van der Waals surface area contributed by atoms with Gasteiger partial charge in [0.2, 0.25) is 0 Å². The standard InChI is InChI=1S/C12H12ClNO2S/c1-16-12(15)10(14)4-7-6-17-11-3-2-8(13)5-9(7)11/h2-3,5-6,10H,4,14H2,1H3. The SMILES string of the molecule is COC(=O)C(N)Cc1csc2ccc(Cl)cc12. The molecule has 5 heteroatoms. The van der Waals surface area contributed by atoms with Crippen molar-refractivity contribution in [2.24, 2.45) is 5.73 Å². The van der Waals surface area contributed by atoms with Crippen molar-refractivity contribution in [3.63, 3.8) is 0 Å². The highest BCUT2D eigenvalue weighted by Crippen LogP contribution is 2.29. The molecule has 0 bridgehead atoms. The third-order valence-electron chi connectivity index (χ3n) is 2.56. The third kappa shape index (κ3) is 2.60. The second kappa shape index (κ2) is 5.04. The number of thiophene rings is 1. The second-order valence-corrected chi connectivity index (χ2v) is 5.08. The molecule has 2 N–H and O–H groups in total. The van der Waals surface area contributed by atoms with Gasteiger partial charge in [-0.05, 0) is 40.9 Å². The summed E-state index contributed by atoms with van der Waals surface area (Å²) < 4.78 is 5.75. The zero-order valence-corrected chi connectivity index (χ0v) is 10.8. The smallest absolute Gasteiger partial charge is 0.322 e. The number of ether oxygens (including phenoxy) is 1. The minimum atomic E-state index is -0.628. The fourth-order valence-electron chi connectivity index (χ4n) is 1.68. The Balaban J connectivity index is 2.30. The Labute approximate surface area is 108 Å². The van der Waals surface area contributed by atoms with E-state index in [1.54, 1.807) is 11.3 Å². The molecule has 3 nitrogen and oxygen atoms in total. The van der Waals surface area contributed by atoms with Gasteiger partial charge in [0.05, 0.1) is 7.11 Å². The number of rotatable bonds is 3. The summed E-state index contributed by atoms with van der Waals surface area (Å²) in [7, 11) is 1.34. The predicted molar refractivity (Wildman–Crippen MR) is 70.5 cm³/mol. The van der Waals surface area contributed by atoms with Gasteiger partial charge in [0, 0.05) is 9.72 Å². The van der Waals surface area contributed by atoms with E-state index in [0.717, 1.165) is 15.6 Å². The van der Waals surface area contributed by atoms with E-state index in [-0.39, 0.29) is 0 Å². The van der Waals surface area contributed by atoms with Crippen LogP contribution in [0.25, 0.3) is 10.1 Å². The summed E-state index contributed by atoms with van der Waals surface area (Å²) in [5, 5.41) is 3.75. The molecule has 1 aromatic heterocycles. The number of fused-ring (bicyclic) bond motifs is 1. The van der Waals surface area contributed by atoms with Crippen molar-refractivity contribution < 1.29 is 9.53 Å². The molecule has 0 radical (unpaired) electrons. The minimum absolute atomic E-state index is 0.397. The van der Waals surface area contributed by atoms with Crippen LogP contribution in [0.4, 0.5) is 0 Å². The highest BCUT2D eigenvalue weighted by atomic mass is 35.5. The van der Waals surface area contributed by atoms with Gasteiger partial charge in [-0.2, -0.15) is 0 Å². The van der Waals surface area contributed by atoms with Crippen molar-refractivity contribution in [1.29, 1.82) is 0 Å². The third-order valence-corrected chi connectivity index (χ3v) is 3.81. The predicted octanol–water partition coefficient (Wildman–Crippen LogP) is 2.60. The van der Waals surface area contributed by atoms with Crippen LogP contribution in [0.5, 0.6) is 0 Å². The van der Waals surface area contributed by atoms with Crippen LogP contribution in [0.1, 0.15) is 5.56 Å².